The van der Waals surface area contributed by atoms with Gasteiger partial charge in [-0.1, -0.05) is 30.4 Å². The molecule has 0 fully saturated rings. The summed E-state index contributed by atoms with van der Waals surface area (Å²) in [4.78, 5) is 4.40. The average Bonchev–Trinajstić information content (AvgIpc) is 2.42. The highest BCUT2D eigenvalue weighted by atomic mass is 127. The Labute approximate surface area is 149 Å². The topological polar surface area (TPSA) is 87.8 Å². The Balaban J connectivity index is 0.00000441. The number of halogens is 1. The zero-order valence-corrected chi connectivity index (χ0v) is 16.2. The summed E-state index contributed by atoms with van der Waals surface area (Å²) in [6.07, 6.45) is 0. The van der Waals surface area contributed by atoms with E-state index in [1.807, 2.05) is 6.92 Å². The van der Waals surface area contributed by atoms with E-state index >= 15 is 0 Å². The van der Waals surface area contributed by atoms with E-state index in [4.69, 9.17) is 5.73 Å². The van der Waals surface area contributed by atoms with E-state index in [0.717, 1.165) is 5.57 Å². The fraction of sp³-hybridized carbons (Fsp3) is 0.357. The van der Waals surface area contributed by atoms with E-state index in [1.165, 1.54) is 18.4 Å². The fourth-order valence-electron chi connectivity index (χ4n) is 1.55. The van der Waals surface area contributed by atoms with Gasteiger partial charge in [0.1, 0.15) is 0 Å². The summed E-state index contributed by atoms with van der Waals surface area (Å²) in [5, 5.41) is 2.90. The number of nitrogens with one attached hydrogen (secondary N) is 1. The number of nitrogens with two attached hydrogens (primary N) is 1. The lowest BCUT2D eigenvalue weighted by Gasteiger charge is -2.14. The quantitative estimate of drug-likeness (QED) is 0.305. The van der Waals surface area contributed by atoms with Gasteiger partial charge in [0.2, 0.25) is 10.0 Å². The van der Waals surface area contributed by atoms with Crippen LogP contribution in [0.4, 0.5) is 0 Å². The number of nitrogens with zero attached hydrogens (tertiary/aromatic N) is 2. The van der Waals surface area contributed by atoms with Crippen LogP contribution in [0.5, 0.6) is 0 Å². The summed E-state index contributed by atoms with van der Waals surface area (Å²) in [5.74, 6) is 0.259. The minimum absolute atomic E-state index is 0. The first-order valence-corrected chi connectivity index (χ1v) is 7.87. The molecule has 0 spiro atoms. The summed E-state index contributed by atoms with van der Waals surface area (Å²) in [6.45, 7) is 6.35. The number of rotatable bonds is 6. The van der Waals surface area contributed by atoms with Crippen molar-refractivity contribution in [2.24, 2.45) is 10.7 Å². The van der Waals surface area contributed by atoms with E-state index in [-0.39, 0.29) is 41.4 Å². The zero-order chi connectivity index (χ0) is 16.0. The Hall–Kier alpha value is -1.13. The smallest absolute Gasteiger partial charge is 0.242 e. The van der Waals surface area contributed by atoms with Gasteiger partial charge >= 0.3 is 0 Å². The second kappa shape index (κ2) is 9.11. The molecule has 0 aliphatic carbocycles. The standard InChI is InChI=1S/C14H22N4O2S.HI/c1-11(2)9-16-14(15)17-10-12-7-5-6-8-13(12)21(19,20)18(3)4;/h5-8H,1,9-10H2,2-4H3,(H3,15,16,17);1H. The summed E-state index contributed by atoms with van der Waals surface area (Å²) in [6, 6.07) is 6.76. The number of hydrogen-bond donors (Lipinski definition) is 2. The Morgan fingerprint density at radius 1 is 1.36 bits per heavy atom. The highest BCUT2D eigenvalue weighted by Gasteiger charge is 2.20. The van der Waals surface area contributed by atoms with Crippen molar-refractivity contribution in [3.05, 3.63) is 42.0 Å². The van der Waals surface area contributed by atoms with E-state index in [0.29, 0.717) is 12.1 Å². The van der Waals surface area contributed by atoms with Crippen LogP contribution in [0.25, 0.3) is 0 Å². The maximum atomic E-state index is 12.2. The Kier molecular flexibility index (Phi) is 8.64. The lowest BCUT2D eigenvalue weighted by atomic mass is 10.2. The van der Waals surface area contributed by atoms with E-state index in [2.05, 4.69) is 16.9 Å². The molecule has 0 aliphatic heterocycles. The summed E-state index contributed by atoms with van der Waals surface area (Å²) in [7, 11) is -0.496. The van der Waals surface area contributed by atoms with Crippen LogP contribution in [0.2, 0.25) is 0 Å². The highest BCUT2D eigenvalue weighted by Crippen LogP contribution is 2.19. The molecule has 0 atom stereocenters. The Morgan fingerprint density at radius 3 is 2.50 bits per heavy atom. The number of guanidine groups is 1. The lowest BCUT2D eigenvalue weighted by Crippen LogP contribution is -2.32. The molecule has 0 heterocycles. The Morgan fingerprint density at radius 2 is 1.95 bits per heavy atom. The molecule has 0 bridgehead atoms. The molecule has 0 saturated carbocycles. The van der Waals surface area contributed by atoms with Crippen molar-refractivity contribution in [1.29, 1.82) is 0 Å². The molecule has 0 unspecified atom stereocenters. The normalized spacial score (nSPS) is 11.9. The fourth-order valence-corrected chi connectivity index (χ4v) is 2.66. The average molecular weight is 438 g/mol. The van der Waals surface area contributed by atoms with Crippen molar-refractivity contribution in [3.63, 3.8) is 0 Å². The van der Waals surface area contributed by atoms with Gasteiger partial charge in [-0.15, -0.1) is 24.0 Å². The SMILES string of the molecule is C=C(C)CNC(N)=NCc1ccccc1S(=O)(=O)N(C)C.I. The summed E-state index contributed by atoms with van der Waals surface area (Å²) >= 11 is 0. The molecule has 3 N–H and O–H groups in total. The monoisotopic (exact) mass is 438 g/mol. The van der Waals surface area contributed by atoms with Gasteiger partial charge in [0.15, 0.2) is 5.96 Å². The first kappa shape index (κ1) is 20.9. The third-order valence-corrected chi connectivity index (χ3v) is 4.64. The van der Waals surface area contributed by atoms with Crippen molar-refractivity contribution >= 4 is 40.0 Å². The molecule has 1 aromatic carbocycles. The second-order valence-corrected chi connectivity index (χ2v) is 7.03. The van der Waals surface area contributed by atoms with Gasteiger partial charge in [-0.3, -0.25) is 0 Å². The predicted octanol–water partition coefficient (Wildman–Crippen LogP) is 1.54. The largest absolute Gasteiger partial charge is 0.370 e. The first-order chi connectivity index (χ1) is 9.75. The molecule has 1 rings (SSSR count). The highest BCUT2D eigenvalue weighted by molar-refractivity contribution is 14.0. The number of benzene rings is 1. The molecule has 0 aromatic heterocycles. The molecule has 124 valence electrons. The van der Waals surface area contributed by atoms with Crippen LogP contribution >= 0.6 is 24.0 Å². The maximum Gasteiger partial charge on any atom is 0.242 e. The van der Waals surface area contributed by atoms with Crippen LogP contribution in [0.3, 0.4) is 0 Å². The second-order valence-electron chi connectivity index (χ2n) is 4.91. The first-order valence-electron chi connectivity index (χ1n) is 6.43. The van der Waals surface area contributed by atoms with Crippen molar-refractivity contribution in [1.82, 2.24) is 9.62 Å². The van der Waals surface area contributed by atoms with Crippen molar-refractivity contribution in [2.45, 2.75) is 18.4 Å². The van der Waals surface area contributed by atoms with Gasteiger partial charge in [0, 0.05) is 20.6 Å². The molecule has 0 aliphatic rings. The summed E-state index contributed by atoms with van der Waals surface area (Å²) < 4.78 is 25.6. The van der Waals surface area contributed by atoms with Gasteiger partial charge in [-0.25, -0.2) is 17.7 Å². The molecule has 22 heavy (non-hydrogen) atoms. The van der Waals surface area contributed by atoms with Crippen LogP contribution in [0.15, 0.2) is 46.3 Å². The molecular formula is C14H23IN4O2S. The molecule has 8 heteroatoms. The molecular weight excluding hydrogens is 415 g/mol. The third-order valence-electron chi connectivity index (χ3n) is 2.72. The number of aliphatic imine (C=N–C) groups is 1. The van der Waals surface area contributed by atoms with Crippen LogP contribution in [-0.2, 0) is 16.6 Å². The van der Waals surface area contributed by atoms with Crippen LogP contribution < -0.4 is 11.1 Å². The van der Waals surface area contributed by atoms with E-state index < -0.39 is 10.0 Å². The Bertz CT molecular complexity index is 642. The van der Waals surface area contributed by atoms with Crippen molar-refractivity contribution in [2.75, 3.05) is 20.6 Å². The lowest BCUT2D eigenvalue weighted by molar-refractivity contribution is 0.519. The molecule has 0 amide bonds. The van der Waals surface area contributed by atoms with Crippen LogP contribution in [0.1, 0.15) is 12.5 Å². The number of hydrogen-bond acceptors (Lipinski definition) is 3. The minimum Gasteiger partial charge on any atom is -0.370 e. The van der Waals surface area contributed by atoms with Crippen molar-refractivity contribution in [3.8, 4) is 0 Å². The van der Waals surface area contributed by atoms with E-state index in [9.17, 15) is 8.42 Å². The number of sulfonamides is 1. The minimum atomic E-state index is -3.49. The van der Waals surface area contributed by atoms with Crippen LogP contribution in [0, 0.1) is 0 Å². The van der Waals surface area contributed by atoms with Gasteiger partial charge < -0.3 is 11.1 Å². The molecule has 1 aromatic rings. The van der Waals surface area contributed by atoms with Gasteiger partial charge in [0.25, 0.3) is 0 Å². The van der Waals surface area contributed by atoms with Gasteiger partial charge in [-0.2, -0.15) is 0 Å². The molecule has 0 saturated heterocycles. The predicted molar refractivity (Wildman–Crippen MR) is 101 cm³/mol. The molecule has 0 radical (unpaired) electrons. The van der Waals surface area contributed by atoms with Crippen molar-refractivity contribution < 1.29 is 8.42 Å². The zero-order valence-electron chi connectivity index (χ0n) is 13.0. The van der Waals surface area contributed by atoms with Gasteiger partial charge in [0.05, 0.1) is 11.4 Å². The third kappa shape index (κ3) is 5.93. The van der Waals surface area contributed by atoms with Gasteiger partial charge in [-0.05, 0) is 18.6 Å². The molecule has 6 nitrogen and oxygen atoms in total. The van der Waals surface area contributed by atoms with E-state index in [1.54, 1.807) is 24.3 Å². The summed E-state index contributed by atoms with van der Waals surface area (Å²) in [5.41, 5.74) is 7.26. The van der Waals surface area contributed by atoms with Crippen LogP contribution in [-0.4, -0.2) is 39.3 Å². The maximum absolute atomic E-state index is 12.2.